The van der Waals surface area contributed by atoms with Crippen LogP contribution in [0.4, 0.5) is 5.69 Å². The van der Waals surface area contributed by atoms with Crippen LogP contribution in [0.25, 0.3) is 0 Å². The second-order valence-corrected chi connectivity index (χ2v) is 6.20. The van der Waals surface area contributed by atoms with E-state index in [0.717, 1.165) is 5.56 Å². The van der Waals surface area contributed by atoms with Gasteiger partial charge in [0.25, 0.3) is 11.8 Å². The van der Waals surface area contributed by atoms with Crippen LogP contribution in [0.15, 0.2) is 48.5 Å². The number of carbonyl (C=O) groups excluding carboxylic acids is 3. The van der Waals surface area contributed by atoms with Crippen LogP contribution in [-0.4, -0.2) is 37.5 Å². The molecule has 0 aromatic heterocycles. The Bertz CT molecular complexity index is 884. The number of para-hydroxylation sites is 3. The maximum Gasteiger partial charge on any atom is 0.276 e. The minimum absolute atomic E-state index is 0.165. The molecule has 0 saturated carbocycles. The van der Waals surface area contributed by atoms with Crippen molar-refractivity contribution in [3.63, 3.8) is 0 Å². The molecule has 8 nitrogen and oxygen atoms in total. The standard InChI is InChI=1S/C20H21N3O5/c1-14-6-2-4-8-16(14)28-13-19(25)22-21-18(24)12-23-15-7-3-5-9-17(15)27-11-10-20(23)26/h2-9H,10-13H2,1H3,(H,21,24)(H,22,25). The molecule has 0 saturated heterocycles. The van der Waals surface area contributed by atoms with E-state index in [1.807, 2.05) is 25.1 Å². The number of hydrogen-bond acceptors (Lipinski definition) is 5. The second-order valence-electron chi connectivity index (χ2n) is 6.20. The molecule has 2 N–H and O–H groups in total. The van der Waals surface area contributed by atoms with Crippen molar-refractivity contribution in [3.8, 4) is 11.5 Å². The number of carbonyl (C=O) groups is 3. The molecule has 0 aliphatic carbocycles. The van der Waals surface area contributed by atoms with Crippen LogP contribution >= 0.6 is 0 Å². The summed E-state index contributed by atoms with van der Waals surface area (Å²) in [6.07, 6.45) is 0.165. The number of benzene rings is 2. The fourth-order valence-corrected chi connectivity index (χ4v) is 2.71. The summed E-state index contributed by atoms with van der Waals surface area (Å²) in [6.45, 7) is 1.64. The quantitative estimate of drug-likeness (QED) is 0.760. The third-order valence-corrected chi connectivity index (χ3v) is 4.13. The lowest BCUT2D eigenvalue weighted by atomic mass is 10.2. The largest absolute Gasteiger partial charge is 0.491 e. The number of hydrogen-bond donors (Lipinski definition) is 2. The van der Waals surface area contributed by atoms with Crippen molar-refractivity contribution in [1.82, 2.24) is 10.9 Å². The van der Waals surface area contributed by atoms with Crippen LogP contribution in [-0.2, 0) is 14.4 Å². The van der Waals surface area contributed by atoms with Crippen LogP contribution in [0.5, 0.6) is 11.5 Å². The van der Waals surface area contributed by atoms with E-state index in [9.17, 15) is 14.4 Å². The molecule has 0 spiro atoms. The third kappa shape index (κ3) is 4.79. The highest BCUT2D eigenvalue weighted by atomic mass is 16.5. The van der Waals surface area contributed by atoms with E-state index in [-0.39, 0.29) is 32.1 Å². The summed E-state index contributed by atoms with van der Waals surface area (Å²) in [6, 6.07) is 14.3. The zero-order valence-electron chi connectivity index (χ0n) is 15.4. The first-order chi connectivity index (χ1) is 13.5. The Hall–Kier alpha value is -3.55. The van der Waals surface area contributed by atoms with Gasteiger partial charge in [-0.25, -0.2) is 0 Å². The smallest absolute Gasteiger partial charge is 0.276 e. The first-order valence-electron chi connectivity index (χ1n) is 8.83. The number of ether oxygens (including phenoxy) is 2. The average molecular weight is 383 g/mol. The van der Waals surface area contributed by atoms with Crippen LogP contribution in [0.2, 0.25) is 0 Å². The summed E-state index contributed by atoms with van der Waals surface area (Å²) in [5.41, 5.74) is 6.01. The van der Waals surface area contributed by atoms with Crippen LogP contribution in [0, 0.1) is 6.92 Å². The van der Waals surface area contributed by atoms with Crippen molar-refractivity contribution in [2.75, 3.05) is 24.7 Å². The van der Waals surface area contributed by atoms with Gasteiger partial charge in [-0.3, -0.25) is 30.1 Å². The predicted octanol–water partition coefficient (Wildman–Crippen LogP) is 1.34. The molecule has 2 aromatic rings. The Morgan fingerprint density at radius 3 is 2.61 bits per heavy atom. The first-order valence-corrected chi connectivity index (χ1v) is 8.83. The van der Waals surface area contributed by atoms with Crippen molar-refractivity contribution in [2.45, 2.75) is 13.3 Å². The lowest BCUT2D eigenvalue weighted by Gasteiger charge is -2.21. The van der Waals surface area contributed by atoms with Gasteiger partial charge in [0.2, 0.25) is 5.91 Å². The monoisotopic (exact) mass is 383 g/mol. The van der Waals surface area contributed by atoms with Crippen molar-refractivity contribution >= 4 is 23.4 Å². The summed E-state index contributed by atoms with van der Waals surface area (Å²) in [7, 11) is 0. The summed E-state index contributed by atoms with van der Waals surface area (Å²) in [5.74, 6) is -0.140. The van der Waals surface area contributed by atoms with E-state index in [1.165, 1.54) is 4.90 Å². The molecule has 28 heavy (non-hydrogen) atoms. The number of anilines is 1. The number of fused-ring (bicyclic) bond motifs is 1. The lowest BCUT2D eigenvalue weighted by Crippen LogP contribution is -2.49. The Balaban J connectivity index is 1.52. The highest BCUT2D eigenvalue weighted by molar-refractivity contribution is 6.00. The Labute approximate surface area is 162 Å². The normalized spacial score (nSPS) is 13.0. The van der Waals surface area contributed by atoms with Gasteiger partial charge in [0.05, 0.1) is 18.7 Å². The topological polar surface area (TPSA) is 97.0 Å². The van der Waals surface area contributed by atoms with Gasteiger partial charge in [-0.05, 0) is 30.7 Å². The van der Waals surface area contributed by atoms with E-state index in [4.69, 9.17) is 9.47 Å². The molecular weight excluding hydrogens is 362 g/mol. The molecule has 146 valence electrons. The maximum atomic E-state index is 12.3. The lowest BCUT2D eigenvalue weighted by molar-refractivity contribution is -0.129. The number of rotatable bonds is 5. The Kier molecular flexibility index (Phi) is 6.11. The SMILES string of the molecule is Cc1ccccc1OCC(=O)NNC(=O)CN1C(=O)CCOc2ccccc21. The molecule has 0 unspecified atom stereocenters. The molecular formula is C20H21N3O5. The van der Waals surface area contributed by atoms with Gasteiger partial charge in [-0.2, -0.15) is 0 Å². The number of aryl methyl sites for hydroxylation is 1. The molecule has 8 heteroatoms. The van der Waals surface area contributed by atoms with Crippen molar-refractivity contribution in [3.05, 3.63) is 54.1 Å². The van der Waals surface area contributed by atoms with Crippen LogP contribution < -0.4 is 25.2 Å². The summed E-state index contributed by atoms with van der Waals surface area (Å²) < 4.78 is 10.9. The predicted molar refractivity (Wildman–Crippen MR) is 102 cm³/mol. The fraction of sp³-hybridized carbons (Fsp3) is 0.250. The second kappa shape index (κ2) is 8.90. The maximum absolute atomic E-state index is 12.3. The molecule has 0 atom stereocenters. The van der Waals surface area contributed by atoms with E-state index in [2.05, 4.69) is 10.9 Å². The molecule has 0 radical (unpaired) electrons. The van der Waals surface area contributed by atoms with E-state index < -0.39 is 11.8 Å². The molecule has 3 amide bonds. The summed E-state index contributed by atoms with van der Waals surface area (Å²) >= 11 is 0. The summed E-state index contributed by atoms with van der Waals surface area (Å²) in [5, 5.41) is 0. The number of nitrogens with one attached hydrogen (secondary N) is 2. The van der Waals surface area contributed by atoms with E-state index >= 15 is 0 Å². The molecule has 2 aromatic carbocycles. The molecule has 0 bridgehead atoms. The van der Waals surface area contributed by atoms with Gasteiger partial charge >= 0.3 is 0 Å². The van der Waals surface area contributed by atoms with E-state index in [1.54, 1.807) is 30.3 Å². The Morgan fingerprint density at radius 2 is 1.79 bits per heavy atom. The highest BCUT2D eigenvalue weighted by Crippen LogP contribution is 2.30. The summed E-state index contributed by atoms with van der Waals surface area (Å²) in [4.78, 5) is 37.7. The fourth-order valence-electron chi connectivity index (χ4n) is 2.71. The Morgan fingerprint density at radius 1 is 1.07 bits per heavy atom. The molecule has 1 aliphatic heterocycles. The third-order valence-electron chi connectivity index (χ3n) is 4.13. The van der Waals surface area contributed by atoms with Crippen LogP contribution in [0.1, 0.15) is 12.0 Å². The van der Waals surface area contributed by atoms with Gasteiger partial charge in [0, 0.05) is 0 Å². The van der Waals surface area contributed by atoms with E-state index in [0.29, 0.717) is 17.2 Å². The molecule has 1 aliphatic rings. The minimum Gasteiger partial charge on any atom is -0.491 e. The molecule has 0 fully saturated rings. The number of amides is 3. The van der Waals surface area contributed by atoms with Gasteiger partial charge in [0.1, 0.15) is 18.0 Å². The van der Waals surface area contributed by atoms with Gasteiger partial charge in [0.15, 0.2) is 6.61 Å². The van der Waals surface area contributed by atoms with Gasteiger partial charge < -0.3 is 9.47 Å². The van der Waals surface area contributed by atoms with Gasteiger partial charge in [-0.1, -0.05) is 30.3 Å². The molecule has 1 heterocycles. The van der Waals surface area contributed by atoms with Crippen molar-refractivity contribution in [2.24, 2.45) is 0 Å². The number of hydrazine groups is 1. The first kappa shape index (κ1) is 19.2. The van der Waals surface area contributed by atoms with Crippen molar-refractivity contribution in [1.29, 1.82) is 0 Å². The zero-order valence-corrected chi connectivity index (χ0v) is 15.4. The zero-order chi connectivity index (χ0) is 19.9. The van der Waals surface area contributed by atoms with Crippen LogP contribution in [0.3, 0.4) is 0 Å². The number of nitrogens with zero attached hydrogens (tertiary/aromatic N) is 1. The minimum atomic E-state index is -0.533. The molecule has 3 rings (SSSR count). The van der Waals surface area contributed by atoms with Crippen molar-refractivity contribution < 1.29 is 23.9 Å². The average Bonchev–Trinajstić information content (AvgIpc) is 2.85. The highest BCUT2D eigenvalue weighted by Gasteiger charge is 2.25. The van der Waals surface area contributed by atoms with Gasteiger partial charge in [-0.15, -0.1) is 0 Å².